The van der Waals surface area contributed by atoms with Gasteiger partial charge >= 0.3 is 5.97 Å². The van der Waals surface area contributed by atoms with Crippen LogP contribution in [0.4, 0.5) is 10.1 Å². The lowest BCUT2D eigenvalue weighted by atomic mass is 10.0. The molecule has 1 aromatic heterocycles. The van der Waals surface area contributed by atoms with Gasteiger partial charge in [0, 0.05) is 36.9 Å². The highest BCUT2D eigenvalue weighted by Gasteiger charge is 2.31. The van der Waals surface area contributed by atoms with Crippen molar-refractivity contribution in [1.29, 1.82) is 0 Å². The van der Waals surface area contributed by atoms with Crippen molar-refractivity contribution in [2.24, 2.45) is 0 Å². The Morgan fingerprint density at radius 2 is 1.97 bits per heavy atom. The minimum atomic E-state index is -1.37. The summed E-state index contributed by atoms with van der Waals surface area (Å²) in [5.74, 6) is -2.43. The summed E-state index contributed by atoms with van der Waals surface area (Å²) >= 11 is 6.30. The second-order valence-electron chi connectivity index (χ2n) is 7.79. The third-order valence-electron chi connectivity index (χ3n) is 5.79. The Morgan fingerprint density at radius 1 is 1.32 bits per heavy atom. The molecule has 0 amide bonds. The van der Waals surface area contributed by atoms with Crippen LogP contribution >= 0.6 is 24.0 Å². The monoisotopic (exact) mass is 471 g/mol. The zero-order valence-electron chi connectivity index (χ0n) is 17.0. The number of hydrogen-bond acceptors (Lipinski definition) is 5. The highest BCUT2D eigenvalue weighted by Crippen LogP contribution is 2.43. The number of piperidine rings is 1. The lowest BCUT2D eigenvalue weighted by molar-refractivity contribution is 0.0694. The zero-order valence-corrected chi connectivity index (χ0v) is 18.5. The van der Waals surface area contributed by atoms with Crippen LogP contribution in [0.25, 0.3) is 10.9 Å². The number of pyridine rings is 1. The number of aromatic hydroxyl groups is 1. The predicted octanol–water partition coefficient (Wildman–Crippen LogP) is 3.61. The molecule has 1 aliphatic carbocycles. The van der Waals surface area contributed by atoms with Crippen LogP contribution in [0.3, 0.4) is 0 Å². The molecule has 168 valence electrons. The molecule has 1 aromatic carbocycles. The number of carboxylic acid groups (broad SMARTS) is 1. The summed E-state index contributed by atoms with van der Waals surface area (Å²) < 4.78 is 16.7. The highest BCUT2D eigenvalue weighted by molar-refractivity contribution is 6.30. The molecule has 2 fully saturated rings. The number of fused-ring (bicyclic) bond motifs is 1. The van der Waals surface area contributed by atoms with Crippen molar-refractivity contribution in [1.82, 2.24) is 9.88 Å². The smallest absolute Gasteiger partial charge is 0.341 e. The Kier molecular flexibility index (Phi) is 6.83. The van der Waals surface area contributed by atoms with Gasteiger partial charge in [0.05, 0.1) is 10.9 Å². The van der Waals surface area contributed by atoms with E-state index in [9.17, 15) is 19.8 Å². The fourth-order valence-corrected chi connectivity index (χ4v) is 4.43. The Labute approximate surface area is 189 Å². The predicted molar refractivity (Wildman–Crippen MR) is 121 cm³/mol. The standard InChI is InChI=1S/C21H23ClFN3O4.ClH/c1-24-9-15(22)11-4-6-25(7-5-11)18-16(23)8-13-17(20(18)28)26(12-2-3-12)10-14(19(13)27)21(29)30;/h8,10,12,24,28H,2-7,9H2,1H3,(H,29,30);1H. The Balaban J connectivity index is 0.00000272. The number of phenols is 1. The summed E-state index contributed by atoms with van der Waals surface area (Å²) in [4.78, 5) is 25.9. The Hall–Kier alpha value is -2.29. The maximum atomic E-state index is 15.1. The number of aromatic nitrogens is 1. The van der Waals surface area contributed by atoms with Crippen molar-refractivity contribution >= 4 is 46.6 Å². The number of hydrogen-bond donors (Lipinski definition) is 3. The normalized spacial score (nSPS) is 16.4. The van der Waals surface area contributed by atoms with E-state index in [0.717, 1.165) is 29.5 Å². The van der Waals surface area contributed by atoms with Crippen LogP contribution in [-0.2, 0) is 0 Å². The van der Waals surface area contributed by atoms with E-state index in [0.29, 0.717) is 32.5 Å². The number of rotatable bonds is 5. The largest absolute Gasteiger partial charge is 0.504 e. The van der Waals surface area contributed by atoms with E-state index in [1.54, 1.807) is 9.47 Å². The van der Waals surface area contributed by atoms with Crippen LogP contribution in [-0.4, -0.2) is 47.4 Å². The SMILES string of the molecule is CNCC(Cl)=C1CCN(c2c(F)cc3c(=O)c(C(=O)O)cn(C4CC4)c3c2O)CC1.Cl. The molecule has 2 aliphatic rings. The second-order valence-corrected chi connectivity index (χ2v) is 8.25. The van der Waals surface area contributed by atoms with Gasteiger partial charge in [0.15, 0.2) is 11.6 Å². The van der Waals surface area contributed by atoms with Gasteiger partial charge in [-0.15, -0.1) is 12.4 Å². The lowest BCUT2D eigenvalue weighted by Crippen LogP contribution is -2.32. The molecular formula is C21H24Cl2FN3O4. The van der Waals surface area contributed by atoms with Crippen LogP contribution in [0.1, 0.15) is 42.1 Å². The number of nitrogens with zero attached hydrogens (tertiary/aromatic N) is 2. The molecule has 10 heteroatoms. The molecule has 1 saturated heterocycles. The van der Waals surface area contributed by atoms with E-state index in [1.807, 2.05) is 7.05 Å². The number of likely N-dealkylation sites (N-methyl/N-ethyl adjacent to an activating group) is 1. The summed E-state index contributed by atoms with van der Waals surface area (Å²) in [6.07, 6.45) is 4.17. The molecule has 3 N–H and O–H groups in total. The third-order valence-corrected chi connectivity index (χ3v) is 6.19. The van der Waals surface area contributed by atoms with E-state index >= 15 is 4.39 Å². The summed E-state index contributed by atoms with van der Waals surface area (Å²) in [5.41, 5.74) is 0.122. The van der Waals surface area contributed by atoms with Crippen molar-refractivity contribution in [2.45, 2.75) is 31.7 Å². The molecule has 0 radical (unpaired) electrons. The molecule has 7 nitrogen and oxygen atoms in total. The van der Waals surface area contributed by atoms with Crippen LogP contribution < -0.4 is 15.6 Å². The van der Waals surface area contributed by atoms with Crippen molar-refractivity contribution < 1.29 is 19.4 Å². The number of anilines is 1. The highest BCUT2D eigenvalue weighted by atomic mass is 35.5. The van der Waals surface area contributed by atoms with Gasteiger partial charge in [0.2, 0.25) is 5.43 Å². The van der Waals surface area contributed by atoms with Crippen molar-refractivity contribution in [3.63, 3.8) is 0 Å². The van der Waals surface area contributed by atoms with Crippen LogP contribution in [0.5, 0.6) is 5.75 Å². The molecule has 2 aromatic rings. The van der Waals surface area contributed by atoms with E-state index < -0.39 is 22.8 Å². The van der Waals surface area contributed by atoms with E-state index in [-0.39, 0.29) is 40.8 Å². The van der Waals surface area contributed by atoms with Crippen molar-refractivity contribution in [3.05, 3.63) is 44.5 Å². The molecule has 4 rings (SSSR count). The molecule has 1 saturated carbocycles. The maximum Gasteiger partial charge on any atom is 0.341 e. The van der Waals surface area contributed by atoms with Crippen LogP contribution in [0.2, 0.25) is 0 Å². The van der Waals surface area contributed by atoms with Crippen LogP contribution in [0.15, 0.2) is 27.7 Å². The van der Waals surface area contributed by atoms with Gasteiger partial charge in [-0.3, -0.25) is 4.79 Å². The molecular weight excluding hydrogens is 448 g/mol. The molecule has 0 spiro atoms. The van der Waals surface area contributed by atoms with Gasteiger partial charge in [-0.25, -0.2) is 9.18 Å². The molecule has 1 aliphatic heterocycles. The minimum absolute atomic E-state index is 0. The minimum Gasteiger partial charge on any atom is -0.504 e. The first-order chi connectivity index (χ1) is 14.3. The molecule has 0 unspecified atom stereocenters. The van der Waals surface area contributed by atoms with Gasteiger partial charge in [0.25, 0.3) is 0 Å². The molecule has 2 heterocycles. The first-order valence-corrected chi connectivity index (χ1v) is 10.3. The van der Waals surface area contributed by atoms with Crippen molar-refractivity contribution in [2.75, 3.05) is 31.6 Å². The van der Waals surface area contributed by atoms with Crippen molar-refractivity contribution in [3.8, 4) is 5.75 Å². The Bertz CT molecular complexity index is 1120. The number of phenolic OH excluding ortho intramolecular Hbond substituents is 1. The first-order valence-electron chi connectivity index (χ1n) is 9.93. The molecule has 31 heavy (non-hydrogen) atoms. The second kappa shape index (κ2) is 9.06. The van der Waals surface area contributed by atoms with Gasteiger partial charge in [-0.1, -0.05) is 17.2 Å². The Morgan fingerprint density at radius 3 is 2.52 bits per heavy atom. The summed E-state index contributed by atoms with van der Waals surface area (Å²) in [5, 5.41) is 24.0. The number of benzene rings is 1. The summed E-state index contributed by atoms with van der Waals surface area (Å²) in [6.45, 7) is 1.53. The number of halogens is 3. The molecule has 0 atom stereocenters. The summed E-state index contributed by atoms with van der Waals surface area (Å²) in [7, 11) is 1.82. The van der Waals surface area contributed by atoms with Crippen LogP contribution in [0, 0.1) is 5.82 Å². The van der Waals surface area contributed by atoms with Gasteiger partial charge < -0.3 is 25.0 Å². The van der Waals surface area contributed by atoms with E-state index in [1.165, 1.54) is 6.20 Å². The average Bonchev–Trinajstić information content (AvgIpc) is 3.54. The summed E-state index contributed by atoms with van der Waals surface area (Å²) in [6, 6.07) is 1.05. The van der Waals surface area contributed by atoms with Gasteiger partial charge in [-0.05, 0) is 38.8 Å². The number of nitrogens with one attached hydrogen (secondary N) is 1. The van der Waals surface area contributed by atoms with Gasteiger partial charge in [0.1, 0.15) is 11.3 Å². The average molecular weight is 472 g/mol. The number of carbonyl (C=O) groups is 1. The fraction of sp³-hybridized carbons (Fsp3) is 0.429. The molecule has 0 bridgehead atoms. The third kappa shape index (κ3) is 4.24. The van der Waals surface area contributed by atoms with E-state index in [4.69, 9.17) is 11.6 Å². The maximum absolute atomic E-state index is 15.1. The van der Waals surface area contributed by atoms with Gasteiger partial charge in [-0.2, -0.15) is 0 Å². The first kappa shape index (κ1) is 23.4. The van der Waals surface area contributed by atoms with E-state index in [2.05, 4.69) is 5.32 Å². The number of carboxylic acids is 1. The zero-order chi connectivity index (χ0) is 21.6. The fourth-order valence-electron chi connectivity index (χ4n) is 4.10. The quantitative estimate of drug-likeness (QED) is 0.616. The number of aromatic carboxylic acids is 1. The lowest BCUT2D eigenvalue weighted by Gasteiger charge is -2.32. The topological polar surface area (TPSA) is 94.8 Å².